The molecule has 0 radical (unpaired) electrons. The van der Waals surface area contributed by atoms with E-state index in [1.54, 1.807) is 0 Å². The summed E-state index contributed by atoms with van der Waals surface area (Å²) in [6.07, 6.45) is 1.85. The van der Waals surface area contributed by atoms with Crippen LogP contribution in [0.5, 0.6) is 0 Å². The fourth-order valence-electron chi connectivity index (χ4n) is 6.14. The number of fused-ring (bicyclic) bond motifs is 3. The van der Waals surface area contributed by atoms with Crippen molar-refractivity contribution in [3.8, 4) is 33.5 Å². The molecule has 3 heteroatoms. The molecule has 0 N–H and O–H groups in total. The van der Waals surface area contributed by atoms with Gasteiger partial charge in [-0.25, -0.2) is 0 Å². The zero-order chi connectivity index (χ0) is 34.1. The third kappa shape index (κ3) is 7.13. The standard InChI is InChI=1S/C45H49N2.Au/c1-42(2,3)32-16-17-40-37(25-32)38-27-35(45(10,11)12)26-36(41(38)47-40)30-19-28(21-33(23-30)43(4,5)6)29-20-31(39-15-13-14-18-46-39)24-34(22-29)44(7,8)9;/h13-18,21-27H,1-12H3;/q-3;+3. The van der Waals surface area contributed by atoms with E-state index in [1.165, 1.54) is 33.0 Å². The Hall–Kier alpha value is -3.43. The van der Waals surface area contributed by atoms with Crippen molar-refractivity contribution in [1.29, 1.82) is 0 Å². The monoisotopic (exact) mass is 814 g/mol. The van der Waals surface area contributed by atoms with Crippen molar-refractivity contribution in [2.45, 2.75) is 105 Å². The predicted molar refractivity (Wildman–Crippen MR) is 201 cm³/mol. The van der Waals surface area contributed by atoms with Gasteiger partial charge in [0.2, 0.25) is 0 Å². The minimum Gasteiger partial charge on any atom is -0.663 e. The van der Waals surface area contributed by atoms with Gasteiger partial charge in [-0.2, -0.15) is 40.9 Å². The molecule has 0 aliphatic carbocycles. The first kappa shape index (κ1) is 35.9. The van der Waals surface area contributed by atoms with Gasteiger partial charge in [-0.3, -0.25) is 4.98 Å². The molecule has 6 aromatic rings. The van der Waals surface area contributed by atoms with E-state index in [1.807, 2.05) is 18.3 Å². The number of benzene rings is 4. The SMILES string of the molecule is CC(C)(C)c1cc(-c2[c-]c(-c3cc(C(C)(C)C)cc4c3[n-]c3ccc(C(C)(C)C)cc34)cc(C(C)(C)C)c2)[c-]c(-c2ccccn2)c1.[Au+3]. The van der Waals surface area contributed by atoms with E-state index in [9.17, 15) is 0 Å². The summed E-state index contributed by atoms with van der Waals surface area (Å²) in [4.78, 5) is 9.98. The third-order valence-corrected chi connectivity index (χ3v) is 9.35. The predicted octanol–water partition coefficient (Wildman–Crippen LogP) is 12.1. The molecule has 0 spiro atoms. The van der Waals surface area contributed by atoms with Crippen molar-refractivity contribution in [3.05, 3.63) is 113 Å². The molecule has 48 heavy (non-hydrogen) atoms. The summed E-state index contributed by atoms with van der Waals surface area (Å²) in [5.74, 6) is 0. The Balaban J connectivity index is 0.00000451. The Labute approximate surface area is 304 Å². The Kier molecular flexibility index (Phi) is 9.32. The van der Waals surface area contributed by atoms with E-state index in [0.29, 0.717) is 0 Å². The number of nitrogens with zero attached hydrogens (tertiary/aromatic N) is 2. The number of hydrogen-bond donors (Lipinski definition) is 0. The molecule has 0 saturated heterocycles. The van der Waals surface area contributed by atoms with E-state index in [-0.39, 0.29) is 44.0 Å². The number of aromatic nitrogens is 2. The Morgan fingerprint density at radius 3 is 1.54 bits per heavy atom. The second kappa shape index (κ2) is 12.5. The molecule has 250 valence electrons. The first-order chi connectivity index (χ1) is 21.8. The van der Waals surface area contributed by atoms with Gasteiger partial charge in [0.25, 0.3) is 0 Å². The quantitative estimate of drug-likeness (QED) is 0.131. The molecule has 0 aliphatic rings. The van der Waals surface area contributed by atoms with Crippen molar-refractivity contribution in [2.75, 3.05) is 0 Å². The van der Waals surface area contributed by atoms with Crippen LogP contribution in [0.15, 0.2) is 79.0 Å². The van der Waals surface area contributed by atoms with Crippen LogP contribution in [0.4, 0.5) is 0 Å². The molecule has 0 unspecified atom stereocenters. The van der Waals surface area contributed by atoms with Crippen LogP contribution in [0, 0.1) is 12.1 Å². The van der Waals surface area contributed by atoms with Crippen LogP contribution in [0.3, 0.4) is 0 Å². The van der Waals surface area contributed by atoms with Gasteiger partial charge in [0, 0.05) is 11.9 Å². The van der Waals surface area contributed by atoms with Gasteiger partial charge in [-0.1, -0.05) is 131 Å². The maximum Gasteiger partial charge on any atom is 3.00 e. The van der Waals surface area contributed by atoms with Gasteiger partial charge in [0.05, 0.1) is 0 Å². The summed E-state index contributed by atoms with van der Waals surface area (Å²) in [6, 6.07) is 34.4. The molecule has 0 bridgehead atoms. The van der Waals surface area contributed by atoms with Crippen LogP contribution in [0.1, 0.15) is 105 Å². The summed E-state index contributed by atoms with van der Waals surface area (Å²) in [6.45, 7) is 27.4. The molecule has 2 nitrogen and oxygen atoms in total. The molecule has 6 rings (SSSR count). The van der Waals surface area contributed by atoms with Crippen LogP contribution < -0.4 is 4.98 Å². The molecule has 2 heterocycles. The maximum absolute atomic E-state index is 5.30. The summed E-state index contributed by atoms with van der Waals surface area (Å²) < 4.78 is 0. The number of hydrogen-bond acceptors (Lipinski definition) is 1. The van der Waals surface area contributed by atoms with Crippen molar-refractivity contribution < 1.29 is 22.4 Å². The topological polar surface area (TPSA) is 27.0 Å². The van der Waals surface area contributed by atoms with Crippen molar-refractivity contribution >= 4 is 21.8 Å². The Bertz CT molecular complexity index is 2100. The molecule has 0 aliphatic heterocycles. The van der Waals surface area contributed by atoms with Gasteiger partial charge < -0.3 is 4.98 Å². The Morgan fingerprint density at radius 2 is 1.00 bits per heavy atom. The molecule has 0 amide bonds. The van der Waals surface area contributed by atoms with E-state index in [0.717, 1.165) is 44.5 Å². The average molecular weight is 815 g/mol. The zero-order valence-electron chi connectivity index (χ0n) is 30.7. The van der Waals surface area contributed by atoms with Crippen LogP contribution >= 0.6 is 0 Å². The van der Waals surface area contributed by atoms with Crippen molar-refractivity contribution in [2.24, 2.45) is 0 Å². The zero-order valence-corrected chi connectivity index (χ0v) is 32.9. The minimum absolute atomic E-state index is 0. The molecule has 0 saturated carbocycles. The van der Waals surface area contributed by atoms with Crippen LogP contribution in [0.2, 0.25) is 0 Å². The molecular weight excluding hydrogens is 765 g/mol. The van der Waals surface area contributed by atoms with Crippen molar-refractivity contribution in [3.63, 3.8) is 0 Å². The molecule has 0 atom stereocenters. The van der Waals surface area contributed by atoms with Crippen LogP contribution in [0.25, 0.3) is 55.3 Å². The van der Waals surface area contributed by atoms with Crippen LogP contribution in [-0.4, -0.2) is 4.98 Å². The van der Waals surface area contributed by atoms with Gasteiger partial charge in [-0.15, -0.1) is 39.9 Å². The molecule has 0 fully saturated rings. The average Bonchev–Trinajstić information content (AvgIpc) is 3.37. The van der Waals surface area contributed by atoms with Crippen molar-refractivity contribution in [1.82, 2.24) is 9.97 Å². The second-order valence-corrected chi connectivity index (χ2v) is 17.4. The van der Waals surface area contributed by atoms with E-state index < -0.39 is 0 Å². The maximum atomic E-state index is 5.30. The van der Waals surface area contributed by atoms with Gasteiger partial charge in [0.15, 0.2) is 0 Å². The van der Waals surface area contributed by atoms with Crippen LogP contribution in [-0.2, 0) is 44.0 Å². The Morgan fingerprint density at radius 1 is 0.500 bits per heavy atom. The summed E-state index contributed by atoms with van der Waals surface area (Å²) >= 11 is 0. The first-order valence-electron chi connectivity index (χ1n) is 16.9. The largest absolute Gasteiger partial charge is 3.00 e. The van der Waals surface area contributed by atoms with E-state index >= 15 is 0 Å². The second-order valence-electron chi connectivity index (χ2n) is 17.4. The fraction of sp³-hybridized carbons (Fsp3) is 0.356. The van der Waals surface area contributed by atoms with Gasteiger partial charge in [-0.05, 0) is 49.6 Å². The number of rotatable bonds is 3. The summed E-state index contributed by atoms with van der Waals surface area (Å²) in [5.41, 5.74) is 13.3. The number of pyridine rings is 1. The summed E-state index contributed by atoms with van der Waals surface area (Å²) in [7, 11) is 0. The fourth-order valence-corrected chi connectivity index (χ4v) is 6.14. The van der Waals surface area contributed by atoms with Gasteiger partial charge >= 0.3 is 22.4 Å². The normalized spacial score (nSPS) is 12.8. The summed E-state index contributed by atoms with van der Waals surface area (Å²) in [5, 5.41) is 2.43. The molecular formula is C45H49AuN2. The third-order valence-electron chi connectivity index (χ3n) is 9.35. The van der Waals surface area contributed by atoms with E-state index in [2.05, 4.69) is 161 Å². The minimum atomic E-state index is -0.0728. The first-order valence-corrected chi connectivity index (χ1v) is 16.9. The molecule has 2 aromatic heterocycles. The van der Waals surface area contributed by atoms with Gasteiger partial charge in [0.1, 0.15) is 0 Å². The smallest absolute Gasteiger partial charge is 0.663 e. The molecule has 4 aromatic carbocycles. The van der Waals surface area contributed by atoms with E-state index in [4.69, 9.17) is 4.98 Å².